The largest absolute Gasteiger partial charge is 0.453 e. The molecule has 0 atom stereocenters. The molecule has 0 bridgehead atoms. The Kier molecular flexibility index (Phi) is 7.40. The molecule has 0 spiro atoms. The van der Waals surface area contributed by atoms with E-state index in [-0.39, 0.29) is 5.69 Å². The highest BCUT2D eigenvalue weighted by molar-refractivity contribution is 6.12. The summed E-state index contributed by atoms with van der Waals surface area (Å²) in [6, 6.07) is 55.8. The van der Waals surface area contributed by atoms with Crippen LogP contribution in [0.4, 0.5) is 22.7 Å². The number of hydrogen-bond acceptors (Lipinski definition) is 6. The lowest BCUT2D eigenvalue weighted by Crippen LogP contribution is -2.15. The first-order valence-electron chi connectivity index (χ1n) is 17.7. The number of hydrogen-bond donors (Lipinski definition) is 0. The van der Waals surface area contributed by atoms with Crippen molar-refractivity contribution in [3.05, 3.63) is 181 Å². The van der Waals surface area contributed by atoms with Crippen LogP contribution in [0.5, 0.6) is 11.5 Å². The number of para-hydroxylation sites is 4. The van der Waals surface area contributed by atoms with Gasteiger partial charge in [0.05, 0.1) is 46.3 Å². The van der Waals surface area contributed by atoms with Gasteiger partial charge in [0, 0.05) is 39.2 Å². The van der Waals surface area contributed by atoms with Gasteiger partial charge in [0.15, 0.2) is 29.0 Å². The SMILES string of the molecule is [C-]#[N+]c1cc(-c2nc(-c3ccccc3)nc(-c3ccccc3)n2)cc(C#N)c1-n1c2ccccc2c2cc3c(cc21)Oc1ccccc1N3c1ccccc1. The van der Waals surface area contributed by atoms with Gasteiger partial charge in [-0.3, -0.25) is 0 Å². The molecule has 0 amide bonds. The third-order valence-corrected chi connectivity index (χ3v) is 9.85. The van der Waals surface area contributed by atoms with Crippen LogP contribution in [0.2, 0.25) is 0 Å². The third kappa shape index (κ3) is 5.25. The van der Waals surface area contributed by atoms with E-state index in [1.807, 2.05) is 126 Å². The summed E-state index contributed by atoms with van der Waals surface area (Å²) in [5.41, 5.74) is 7.76. The van der Waals surface area contributed by atoms with E-state index in [1.54, 1.807) is 12.1 Å². The lowest BCUT2D eigenvalue weighted by Gasteiger charge is -2.33. The smallest absolute Gasteiger partial charge is 0.212 e. The van der Waals surface area contributed by atoms with Gasteiger partial charge >= 0.3 is 0 Å². The van der Waals surface area contributed by atoms with Crippen molar-refractivity contribution in [2.24, 2.45) is 0 Å². The van der Waals surface area contributed by atoms with E-state index in [9.17, 15) is 5.26 Å². The number of nitrogens with zero attached hydrogens (tertiary/aromatic N) is 7. The number of benzene rings is 7. The number of fused-ring (bicyclic) bond motifs is 5. The van der Waals surface area contributed by atoms with E-state index >= 15 is 0 Å². The molecular weight excluding hydrogens is 679 g/mol. The first-order chi connectivity index (χ1) is 27.2. The fourth-order valence-corrected chi connectivity index (χ4v) is 7.40. The predicted molar refractivity (Wildman–Crippen MR) is 216 cm³/mol. The summed E-state index contributed by atoms with van der Waals surface area (Å²) in [6.45, 7) is 8.46. The van der Waals surface area contributed by atoms with Crippen LogP contribution < -0.4 is 9.64 Å². The number of rotatable bonds is 5. The first kappa shape index (κ1) is 31.6. The molecule has 9 aromatic rings. The molecule has 7 aromatic carbocycles. The number of ether oxygens (including phenoxy) is 1. The molecule has 0 saturated heterocycles. The molecule has 256 valence electrons. The van der Waals surface area contributed by atoms with Crippen molar-refractivity contribution >= 4 is 44.6 Å². The van der Waals surface area contributed by atoms with Crippen molar-refractivity contribution in [2.45, 2.75) is 0 Å². The maximum Gasteiger partial charge on any atom is 0.212 e. The van der Waals surface area contributed by atoms with Gasteiger partial charge in [0.1, 0.15) is 0 Å². The monoisotopic (exact) mass is 705 g/mol. The molecular formula is C47H27N7O. The Morgan fingerprint density at radius 2 is 1.15 bits per heavy atom. The molecule has 1 aliphatic heterocycles. The highest BCUT2D eigenvalue weighted by Crippen LogP contribution is 2.53. The number of aromatic nitrogens is 4. The molecule has 0 fully saturated rings. The Balaban J connectivity index is 1.20. The number of anilines is 3. The molecule has 55 heavy (non-hydrogen) atoms. The Hall–Kier alpha value is -8.07. The van der Waals surface area contributed by atoms with Crippen molar-refractivity contribution in [2.75, 3.05) is 4.90 Å². The van der Waals surface area contributed by atoms with Crippen LogP contribution >= 0.6 is 0 Å². The van der Waals surface area contributed by atoms with Gasteiger partial charge in [-0.05, 0) is 48.5 Å². The minimum Gasteiger partial charge on any atom is -0.453 e. The van der Waals surface area contributed by atoms with Crippen LogP contribution in [0.25, 0.3) is 66.5 Å². The fraction of sp³-hybridized carbons (Fsp3) is 0. The Bertz CT molecular complexity index is 2940. The quantitative estimate of drug-likeness (QED) is 0.166. The van der Waals surface area contributed by atoms with E-state index in [4.69, 9.17) is 26.3 Å². The predicted octanol–water partition coefficient (Wildman–Crippen LogP) is 12.0. The van der Waals surface area contributed by atoms with Crippen LogP contribution in [0.3, 0.4) is 0 Å². The van der Waals surface area contributed by atoms with Gasteiger partial charge in [0.25, 0.3) is 0 Å². The summed E-state index contributed by atoms with van der Waals surface area (Å²) in [6.07, 6.45) is 0. The van der Waals surface area contributed by atoms with Crippen molar-refractivity contribution in [3.63, 3.8) is 0 Å². The highest BCUT2D eigenvalue weighted by atomic mass is 16.5. The van der Waals surface area contributed by atoms with E-state index in [2.05, 4.69) is 46.1 Å². The minimum absolute atomic E-state index is 0.287. The van der Waals surface area contributed by atoms with Crippen molar-refractivity contribution < 1.29 is 4.74 Å². The standard InChI is InChI=1S/C47H27N7O/c1-49-37-26-32(47-51-45(30-15-5-2-6-16-30)50-46(52-47)31-17-7-3-8-18-31)25-33(29-48)44(37)54-38-22-12-11-21-35(38)36-27-41-43(28-40(36)54)55-42-24-14-13-23-39(42)53(41)34-19-9-4-10-20-34/h2-28H. The Morgan fingerprint density at radius 1 is 0.545 bits per heavy atom. The molecule has 3 heterocycles. The molecule has 8 heteroatoms. The normalized spacial score (nSPS) is 11.7. The molecule has 0 radical (unpaired) electrons. The molecule has 1 aliphatic rings. The summed E-state index contributed by atoms with van der Waals surface area (Å²) >= 11 is 0. The summed E-state index contributed by atoms with van der Waals surface area (Å²) in [7, 11) is 0. The van der Waals surface area contributed by atoms with Gasteiger partial charge in [-0.25, -0.2) is 19.8 Å². The van der Waals surface area contributed by atoms with Gasteiger partial charge in [-0.15, -0.1) is 0 Å². The average Bonchev–Trinajstić information content (AvgIpc) is 3.57. The van der Waals surface area contributed by atoms with Crippen molar-refractivity contribution in [3.8, 4) is 57.4 Å². The topological polar surface area (TPSA) is 84.2 Å². The summed E-state index contributed by atoms with van der Waals surface area (Å²) in [5, 5.41) is 12.8. The average molecular weight is 706 g/mol. The molecule has 2 aromatic heterocycles. The highest BCUT2D eigenvalue weighted by Gasteiger charge is 2.29. The second-order valence-electron chi connectivity index (χ2n) is 13.1. The Labute approximate surface area is 316 Å². The van der Waals surface area contributed by atoms with Gasteiger partial charge < -0.3 is 14.2 Å². The van der Waals surface area contributed by atoms with Crippen LogP contribution in [-0.2, 0) is 0 Å². The first-order valence-corrected chi connectivity index (χ1v) is 17.7. The van der Waals surface area contributed by atoms with E-state index in [1.165, 1.54) is 0 Å². The van der Waals surface area contributed by atoms with Crippen molar-refractivity contribution in [1.29, 1.82) is 5.26 Å². The summed E-state index contributed by atoms with van der Waals surface area (Å²) in [4.78, 5) is 20.8. The zero-order valence-electron chi connectivity index (χ0n) is 29.1. The van der Waals surface area contributed by atoms with Crippen LogP contribution in [0.1, 0.15) is 5.56 Å². The molecule has 0 N–H and O–H groups in total. The van der Waals surface area contributed by atoms with Gasteiger partial charge in [-0.2, -0.15) is 5.26 Å². The molecule has 0 saturated carbocycles. The van der Waals surface area contributed by atoms with Gasteiger partial charge in [-0.1, -0.05) is 109 Å². The second-order valence-corrected chi connectivity index (χ2v) is 13.1. The van der Waals surface area contributed by atoms with E-state index in [0.717, 1.165) is 55.7 Å². The molecule has 0 aliphatic carbocycles. The maximum atomic E-state index is 10.8. The summed E-state index contributed by atoms with van der Waals surface area (Å²) in [5.74, 6) is 2.74. The van der Waals surface area contributed by atoms with E-state index < -0.39 is 0 Å². The molecule has 10 rings (SSSR count). The van der Waals surface area contributed by atoms with E-state index in [0.29, 0.717) is 40.0 Å². The maximum absolute atomic E-state index is 10.8. The lowest BCUT2D eigenvalue weighted by atomic mass is 10.1. The Morgan fingerprint density at radius 3 is 1.82 bits per heavy atom. The number of nitriles is 1. The minimum atomic E-state index is 0.287. The third-order valence-electron chi connectivity index (χ3n) is 9.85. The second kappa shape index (κ2) is 12.9. The molecule has 8 nitrogen and oxygen atoms in total. The van der Waals surface area contributed by atoms with Gasteiger partial charge in [0.2, 0.25) is 5.69 Å². The lowest BCUT2D eigenvalue weighted by molar-refractivity contribution is 0.477. The summed E-state index contributed by atoms with van der Waals surface area (Å²) < 4.78 is 8.62. The van der Waals surface area contributed by atoms with Crippen LogP contribution in [0.15, 0.2) is 164 Å². The zero-order valence-corrected chi connectivity index (χ0v) is 29.1. The van der Waals surface area contributed by atoms with Crippen molar-refractivity contribution in [1.82, 2.24) is 19.5 Å². The zero-order chi connectivity index (χ0) is 36.9. The van der Waals surface area contributed by atoms with Crippen LogP contribution in [-0.4, -0.2) is 19.5 Å². The fourth-order valence-electron chi connectivity index (χ4n) is 7.40. The van der Waals surface area contributed by atoms with Crippen LogP contribution in [0, 0.1) is 17.9 Å². The molecule has 0 unspecified atom stereocenters.